The van der Waals surface area contributed by atoms with Crippen LogP contribution < -0.4 is 15.5 Å². The zero-order valence-corrected chi connectivity index (χ0v) is 19.3. The standard InChI is InChI=1S/C23H27F4N7O/c1-13-12-35-7-3-6-34(13)21-18(24)8-15-16(10-29-20(15)33-21)19-17(23(25,26)27)11-30-22(32-19)31-14-4-2-5-28-9-14/h8,10-11,13-14,28H,2-7,9,12H2,1H3,(H,29,33)(H,30,31,32)/t13-,14-/m0/s1. The number of fused-ring (bicyclic) bond motifs is 1. The number of nitrogens with one attached hydrogen (secondary N) is 3. The van der Waals surface area contributed by atoms with Crippen molar-refractivity contribution in [3.8, 4) is 11.3 Å². The number of anilines is 2. The monoisotopic (exact) mass is 493 g/mol. The Bertz CT molecular complexity index is 1190. The van der Waals surface area contributed by atoms with E-state index in [4.69, 9.17) is 4.74 Å². The molecule has 3 aromatic heterocycles. The van der Waals surface area contributed by atoms with E-state index in [0.717, 1.165) is 32.0 Å². The van der Waals surface area contributed by atoms with E-state index in [9.17, 15) is 13.2 Å². The fourth-order valence-corrected chi connectivity index (χ4v) is 4.65. The van der Waals surface area contributed by atoms with Gasteiger partial charge in [0.05, 0.1) is 18.3 Å². The van der Waals surface area contributed by atoms with Crippen molar-refractivity contribution in [2.75, 3.05) is 43.1 Å². The number of pyridine rings is 1. The molecule has 12 heteroatoms. The largest absolute Gasteiger partial charge is 0.419 e. The molecular formula is C23H27F4N7O. The number of hydrogen-bond donors (Lipinski definition) is 3. The zero-order valence-electron chi connectivity index (χ0n) is 19.3. The van der Waals surface area contributed by atoms with Crippen LogP contribution in [0.4, 0.5) is 29.3 Å². The number of alkyl halides is 3. The van der Waals surface area contributed by atoms with Gasteiger partial charge in [0, 0.05) is 49.1 Å². The molecule has 2 fully saturated rings. The predicted molar refractivity (Wildman–Crippen MR) is 124 cm³/mol. The highest BCUT2D eigenvalue weighted by Crippen LogP contribution is 2.39. The molecule has 0 aromatic carbocycles. The highest BCUT2D eigenvalue weighted by Gasteiger charge is 2.36. The minimum atomic E-state index is -4.68. The second-order valence-corrected chi connectivity index (χ2v) is 9.00. The van der Waals surface area contributed by atoms with Gasteiger partial charge in [-0.1, -0.05) is 0 Å². The lowest BCUT2D eigenvalue weighted by atomic mass is 10.1. The maximum absolute atomic E-state index is 15.3. The maximum Gasteiger partial charge on any atom is 0.419 e. The van der Waals surface area contributed by atoms with E-state index in [1.54, 1.807) is 0 Å². The summed E-state index contributed by atoms with van der Waals surface area (Å²) in [6.45, 7) is 5.08. The number of piperidine rings is 1. The van der Waals surface area contributed by atoms with Crippen LogP contribution in [0.25, 0.3) is 22.3 Å². The first-order chi connectivity index (χ1) is 16.8. The first kappa shape index (κ1) is 23.7. The molecule has 0 aliphatic carbocycles. The van der Waals surface area contributed by atoms with Crippen LogP contribution in [0.5, 0.6) is 0 Å². The van der Waals surface area contributed by atoms with Crippen LogP contribution >= 0.6 is 0 Å². The number of hydrogen-bond acceptors (Lipinski definition) is 7. The van der Waals surface area contributed by atoms with Crippen molar-refractivity contribution in [3.05, 3.63) is 29.8 Å². The second-order valence-electron chi connectivity index (χ2n) is 9.00. The van der Waals surface area contributed by atoms with E-state index in [0.29, 0.717) is 26.3 Å². The van der Waals surface area contributed by atoms with Crippen LogP contribution in [0.2, 0.25) is 0 Å². The summed E-state index contributed by atoms with van der Waals surface area (Å²) >= 11 is 0. The van der Waals surface area contributed by atoms with Gasteiger partial charge in [-0.3, -0.25) is 0 Å². The van der Waals surface area contributed by atoms with Crippen molar-refractivity contribution in [3.63, 3.8) is 0 Å². The molecule has 3 N–H and O–H groups in total. The Balaban J connectivity index is 1.55. The van der Waals surface area contributed by atoms with Crippen molar-refractivity contribution >= 4 is 22.8 Å². The van der Waals surface area contributed by atoms with Crippen LogP contribution in [0, 0.1) is 5.82 Å². The normalized spacial score (nSPS) is 21.8. The molecule has 0 bridgehead atoms. The average Bonchev–Trinajstić information content (AvgIpc) is 3.11. The van der Waals surface area contributed by atoms with Gasteiger partial charge < -0.3 is 25.3 Å². The molecule has 2 aliphatic rings. The number of ether oxygens (including phenoxy) is 1. The molecule has 35 heavy (non-hydrogen) atoms. The molecular weight excluding hydrogens is 466 g/mol. The third-order valence-corrected chi connectivity index (χ3v) is 6.43. The smallest absolute Gasteiger partial charge is 0.379 e. The van der Waals surface area contributed by atoms with Crippen LogP contribution in [0.15, 0.2) is 18.5 Å². The van der Waals surface area contributed by atoms with Crippen LogP contribution in [-0.2, 0) is 10.9 Å². The summed E-state index contributed by atoms with van der Waals surface area (Å²) < 4.78 is 62.4. The first-order valence-corrected chi connectivity index (χ1v) is 11.7. The molecule has 5 rings (SSSR count). The van der Waals surface area contributed by atoms with Gasteiger partial charge in [0.2, 0.25) is 5.95 Å². The first-order valence-electron chi connectivity index (χ1n) is 11.7. The zero-order chi connectivity index (χ0) is 24.6. The minimum absolute atomic E-state index is 0.0116. The predicted octanol–water partition coefficient (Wildman–Crippen LogP) is 3.96. The van der Waals surface area contributed by atoms with Crippen LogP contribution in [0.1, 0.15) is 31.7 Å². The van der Waals surface area contributed by atoms with Gasteiger partial charge in [-0.2, -0.15) is 13.2 Å². The number of halogens is 4. The molecule has 2 aliphatic heterocycles. The number of nitrogens with zero attached hydrogens (tertiary/aromatic N) is 4. The molecule has 0 spiro atoms. The SMILES string of the molecule is C[C@H]1COCCCN1c1nc2[nH]cc(-c3nc(N[C@H]4CCCNC4)ncc3C(F)(F)F)c2cc1F. The quantitative estimate of drug-likeness (QED) is 0.474. The molecule has 8 nitrogen and oxygen atoms in total. The lowest BCUT2D eigenvalue weighted by Crippen LogP contribution is -2.38. The third kappa shape index (κ3) is 4.90. The average molecular weight is 494 g/mol. The molecule has 5 heterocycles. The Kier molecular flexibility index (Phi) is 6.49. The van der Waals surface area contributed by atoms with Gasteiger partial charge in [0.25, 0.3) is 0 Å². The van der Waals surface area contributed by atoms with E-state index in [-0.39, 0.29) is 46.1 Å². The van der Waals surface area contributed by atoms with E-state index in [1.165, 1.54) is 12.3 Å². The van der Waals surface area contributed by atoms with E-state index in [2.05, 4.69) is 30.6 Å². The molecule has 2 saturated heterocycles. The van der Waals surface area contributed by atoms with Crippen LogP contribution in [-0.4, -0.2) is 64.9 Å². The van der Waals surface area contributed by atoms with Gasteiger partial charge >= 0.3 is 6.18 Å². The molecule has 3 aromatic rings. The Morgan fingerprint density at radius 2 is 2.09 bits per heavy atom. The maximum atomic E-state index is 15.3. The Labute approximate surface area is 199 Å². The fourth-order valence-electron chi connectivity index (χ4n) is 4.65. The Hall–Kier alpha value is -2.99. The lowest BCUT2D eigenvalue weighted by molar-refractivity contribution is -0.137. The lowest BCUT2D eigenvalue weighted by Gasteiger charge is -2.27. The number of aromatic amines is 1. The molecule has 188 valence electrons. The van der Waals surface area contributed by atoms with Gasteiger partial charge in [-0.25, -0.2) is 19.3 Å². The summed E-state index contributed by atoms with van der Waals surface area (Å²) in [7, 11) is 0. The third-order valence-electron chi connectivity index (χ3n) is 6.43. The van der Waals surface area contributed by atoms with E-state index in [1.807, 2.05) is 11.8 Å². The molecule has 2 atom stereocenters. The second kappa shape index (κ2) is 9.57. The summed E-state index contributed by atoms with van der Waals surface area (Å²) in [5.41, 5.74) is -0.916. The highest BCUT2D eigenvalue weighted by molar-refractivity contribution is 5.94. The summed E-state index contributed by atoms with van der Waals surface area (Å²) in [4.78, 5) is 17.3. The topological polar surface area (TPSA) is 91.0 Å². The Morgan fingerprint density at radius 1 is 1.23 bits per heavy atom. The number of rotatable bonds is 4. The number of aromatic nitrogens is 4. The summed E-state index contributed by atoms with van der Waals surface area (Å²) in [6.07, 6.45) is 0.00932. The molecule has 0 saturated carbocycles. The minimum Gasteiger partial charge on any atom is -0.379 e. The van der Waals surface area contributed by atoms with Gasteiger partial charge in [-0.05, 0) is 38.8 Å². The summed E-state index contributed by atoms with van der Waals surface area (Å²) in [5, 5.41) is 6.57. The van der Waals surface area contributed by atoms with Gasteiger partial charge in [-0.15, -0.1) is 0 Å². The van der Waals surface area contributed by atoms with Crippen molar-refractivity contribution < 1.29 is 22.3 Å². The van der Waals surface area contributed by atoms with Gasteiger partial charge in [0.1, 0.15) is 11.2 Å². The van der Waals surface area contributed by atoms with Crippen molar-refractivity contribution in [2.24, 2.45) is 0 Å². The van der Waals surface area contributed by atoms with E-state index < -0.39 is 17.6 Å². The highest BCUT2D eigenvalue weighted by atomic mass is 19.4. The Morgan fingerprint density at radius 3 is 2.86 bits per heavy atom. The molecule has 0 amide bonds. The fraction of sp³-hybridized carbons (Fsp3) is 0.522. The summed E-state index contributed by atoms with van der Waals surface area (Å²) in [6, 6.07) is 1.15. The van der Waals surface area contributed by atoms with Crippen molar-refractivity contribution in [2.45, 2.75) is 44.4 Å². The van der Waals surface area contributed by atoms with Gasteiger partial charge in [0.15, 0.2) is 11.6 Å². The van der Waals surface area contributed by atoms with E-state index >= 15 is 4.39 Å². The molecule has 0 unspecified atom stereocenters. The number of H-pyrrole nitrogens is 1. The van der Waals surface area contributed by atoms with Crippen molar-refractivity contribution in [1.29, 1.82) is 0 Å². The van der Waals surface area contributed by atoms with Crippen molar-refractivity contribution in [1.82, 2.24) is 25.3 Å². The molecule has 0 radical (unpaired) electrons. The summed E-state index contributed by atoms with van der Waals surface area (Å²) in [5.74, 6) is -0.365. The van der Waals surface area contributed by atoms with Crippen LogP contribution in [0.3, 0.4) is 0 Å².